The molecule has 2 N–H and O–H groups in total. The molecule has 1 saturated carbocycles. The van der Waals surface area contributed by atoms with Crippen molar-refractivity contribution < 1.29 is 0 Å². The van der Waals surface area contributed by atoms with E-state index in [1.54, 1.807) is 0 Å². The monoisotopic (exact) mass is 342 g/mol. The van der Waals surface area contributed by atoms with Gasteiger partial charge >= 0.3 is 0 Å². The summed E-state index contributed by atoms with van der Waals surface area (Å²) in [5.41, 5.74) is 7.94. The third kappa shape index (κ3) is 2.68. The van der Waals surface area contributed by atoms with Crippen molar-refractivity contribution in [1.29, 1.82) is 0 Å². The number of halogens is 1. The Bertz CT molecular complexity index is 447. The highest BCUT2D eigenvalue weighted by Crippen LogP contribution is 2.42. The molecule has 0 spiro atoms. The molecule has 0 radical (unpaired) electrons. The van der Waals surface area contributed by atoms with Gasteiger partial charge in [0, 0.05) is 11.6 Å². The van der Waals surface area contributed by atoms with Crippen molar-refractivity contribution in [3.05, 3.63) is 16.4 Å². The zero-order valence-corrected chi connectivity index (χ0v) is 14.7. The van der Waals surface area contributed by atoms with Crippen LogP contribution in [-0.2, 0) is 0 Å². The van der Waals surface area contributed by atoms with E-state index < -0.39 is 0 Å². The van der Waals surface area contributed by atoms with E-state index in [2.05, 4.69) is 58.6 Å². The molecule has 1 aliphatic rings. The first-order valence-electron chi connectivity index (χ1n) is 7.56. The van der Waals surface area contributed by atoms with Crippen LogP contribution in [0.2, 0.25) is 0 Å². The summed E-state index contributed by atoms with van der Waals surface area (Å²) in [6.45, 7) is 4.30. The Balaban J connectivity index is 2.42. The molecule has 0 aromatic carbocycles. The summed E-state index contributed by atoms with van der Waals surface area (Å²) in [5.74, 6) is 0. The molecule has 4 nitrogen and oxygen atoms in total. The van der Waals surface area contributed by atoms with Gasteiger partial charge in [0.25, 0.3) is 0 Å². The fourth-order valence-corrected chi connectivity index (χ4v) is 4.03. The van der Waals surface area contributed by atoms with Crippen molar-refractivity contribution in [2.75, 3.05) is 14.1 Å². The number of hydrogen-bond donors (Lipinski definition) is 1. The molecule has 1 atom stereocenters. The Morgan fingerprint density at radius 3 is 2.40 bits per heavy atom. The molecule has 2 rings (SSSR count). The van der Waals surface area contributed by atoms with Gasteiger partial charge in [-0.3, -0.25) is 4.68 Å². The van der Waals surface area contributed by atoms with Crippen LogP contribution in [0.15, 0.2) is 10.7 Å². The maximum absolute atomic E-state index is 6.76. The number of rotatable bonds is 4. The lowest BCUT2D eigenvalue weighted by molar-refractivity contribution is 0.0675. The van der Waals surface area contributed by atoms with Gasteiger partial charge in [0.05, 0.1) is 22.4 Å². The Hall–Kier alpha value is -0.390. The van der Waals surface area contributed by atoms with Crippen LogP contribution in [0.3, 0.4) is 0 Å². The van der Waals surface area contributed by atoms with Crippen molar-refractivity contribution >= 4 is 15.9 Å². The van der Waals surface area contributed by atoms with Crippen molar-refractivity contribution in [3.63, 3.8) is 0 Å². The minimum atomic E-state index is -0.0166. The van der Waals surface area contributed by atoms with Crippen LogP contribution in [-0.4, -0.2) is 34.3 Å². The fraction of sp³-hybridized carbons (Fsp3) is 0.800. The van der Waals surface area contributed by atoms with Gasteiger partial charge in [-0.1, -0.05) is 19.3 Å². The minimum Gasteiger partial charge on any atom is -0.321 e. The summed E-state index contributed by atoms with van der Waals surface area (Å²) in [6, 6.07) is 0.308. The minimum absolute atomic E-state index is 0.0166. The Morgan fingerprint density at radius 2 is 1.90 bits per heavy atom. The van der Waals surface area contributed by atoms with Crippen LogP contribution in [0.25, 0.3) is 0 Å². The van der Waals surface area contributed by atoms with Crippen LogP contribution in [0, 0.1) is 0 Å². The highest BCUT2D eigenvalue weighted by Gasteiger charge is 2.42. The van der Waals surface area contributed by atoms with Crippen molar-refractivity contribution in [1.82, 2.24) is 14.7 Å². The summed E-state index contributed by atoms with van der Waals surface area (Å²) in [6.07, 6.45) is 8.06. The first-order valence-corrected chi connectivity index (χ1v) is 8.35. The number of nitrogens with zero attached hydrogens (tertiary/aromatic N) is 3. The van der Waals surface area contributed by atoms with Crippen molar-refractivity contribution in [2.45, 2.75) is 63.6 Å². The van der Waals surface area contributed by atoms with E-state index in [9.17, 15) is 0 Å². The molecule has 5 heteroatoms. The lowest BCUT2D eigenvalue weighted by Gasteiger charge is -2.47. The number of aromatic nitrogens is 2. The molecule has 1 aliphatic carbocycles. The van der Waals surface area contributed by atoms with Crippen LogP contribution in [0.1, 0.15) is 63.7 Å². The Morgan fingerprint density at radius 1 is 1.30 bits per heavy atom. The SMILES string of the molecule is CC(C)n1ncc(Br)c1C(N)C1(N(C)C)CCCCC1. The van der Waals surface area contributed by atoms with Crippen LogP contribution in [0.5, 0.6) is 0 Å². The zero-order chi connectivity index (χ0) is 14.9. The highest BCUT2D eigenvalue weighted by atomic mass is 79.9. The van der Waals surface area contributed by atoms with Gasteiger partial charge in [-0.15, -0.1) is 0 Å². The van der Waals surface area contributed by atoms with Gasteiger partial charge in [-0.05, 0) is 56.7 Å². The third-order valence-corrected chi connectivity index (χ3v) is 5.37. The van der Waals surface area contributed by atoms with Gasteiger partial charge in [0.1, 0.15) is 0 Å². The molecule has 1 fully saturated rings. The predicted octanol–water partition coefficient (Wildman–Crippen LogP) is 3.49. The molecule has 0 amide bonds. The molecular weight excluding hydrogens is 316 g/mol. The van der Waals surface area contributed by atoms with E-state index in [0.717, 1.165) is 23.0 Å². The average molecular weight is 343 g/mol. The maximum atomic E-state index is 6.76. The van der Waals surface area contributed by atoms with Gasteiger partial charge in [0.2, 0.25) is 0 Å². The lowest BCUT2D eigenvalue weighted by atomic mass is 9.74. The summed E-state index contributed by atoms with van der Waals surface area (Å²) < 4.78 is 3.10. The summed E-state index contributed by atoms with van der Waals surface area (Å²) in [4.78, 5) is 2.33. The van der Waals surface area contributed by atoms with E-state index in [4.69, 9.17) is 5.73 Å². The quantitative estimate of drug-likeness (QED) is 0.910. The van der Waals surface area contributed by atoms with Gasteiger partial charge in [-0.2, -0.15) is 5.10 Å². The second-order valence-corrected chi connectivity index (χ2v) is 7.31. The molecule has 1 heterocycles. The van der Waals surface area contributed by atoms with Gasteiger partial charge in [0.15, 0.2) is 0 Å². The predicted molar refractivity (Wildman–Crippen MR) is 86.7 cm³/mol. The van der Waals surface area contributed by atoms with Gasteiger partial charge in [-0.25, -0.2) is 0 Å². The van der Waals surface area contributed by atoms with Crippen LogP contribution in [0.4, 0.5) is 0 Å². The largest absolute Gasteiger partial charge is 0.321 e. The van der Waals surface area contributed by atoms with Crippen molar-refractivity contribution in [2.24, 2.45) is 5.73 Å². The molecular formula is C15H27BrN4. The first kappa shape index (κ1) is 16.0. The molecule has 20 heavy (non-hydrogen) atoms. The van der Waals surface area contributed by atoms with Crippen LogP contribution >= 0.6 is 15.9 Å². The summed E-state index contributed by atoms with van der Waals surface area (Å²) in [7, 11) is 4.32. The van der Waals surface area contributed by atoms with E-state index in [0.29, 0.717) is 6.04 Å². The topological polar surface area (TPSA) is 47.1 Å². The average Bonchev–Trinajstić information content (AvgIpc) is 2.80. The van der Waals surface area contributed by atoms with E-state index in [-0.39, 0.29) is 11.6 Å². The molecule has 114 valence electrons. The van der Waals surface area contributed by atoms with E-state index >= 15 is 0 Å². The highest BCUT2D eigenvalue weighted by molar-refractivity contribution is 9.10. The first-order chi connectivity index (χ1) is 9.40. The van der Waals surface area contributed by atoms with Crippen molar-refractivity contribution in [3.8, 4) is 0 Å². The third-order valence-electron chi connectivity index (χ3n) is 4.76. The zero-order valence-electron chi connectivity index (χ0n) is 13.1. The second kappa shape index (κ2) is 6.16. The standard InChI is InChI=1S/C15H27BrN4/c1-11(2)20-13(12(16)10-18-20)14(17)15(19(3)4)8-6-5-7-9-15/h10-11,14H,5-9,17H2,1-4H3. The Kier molecular flexibility index (Phi) is 4.92. The van der Waals surface area contributed by atoms with Gasteiger partial charge < -0.3 is 10.6 Å². The maximum Gasteiger partial charge on any atom is 0.0715 e. The number of hydrogen-bond acceptors (Lipinski definition) is 3. The fourth-order valence-electron chi connectivity index (χ4n) is 3.51. The van der Waals surface area contributed by atoms with E-state index in [1.165, 1.54) is 19.3 Å². The molecule has 1 aromatic heterocycles. The number of nitrogens with two attached hydrogens (primary N) is 1. The Labute approximate surface area is 130 Å². The molecule has 0 aliphatic heterocycles. The molecule has 0 saturated heterocycles. The molecule has 1 unspecified atom stereocenters. The summed E-state index contributed by atoms with van der Waals surface area (Å²) >= 11 is 3.64. The smallest absolute Gasteiger partial charge is 0.0715 e. The van der Waals surface area contributed by atoms with Crippen LogP contribution < -0.4 is 5.73 Å². The normalized spacial score (nSPS) is 20.6. The molecule has 0 bridgehead atoms. The van der Waals surface area contributed by atoms with E-state index in [1.807, 2.05) is 6.20 Å². The molecule has 1 aromatic rings. The summed E-state index contributed by atoms with van der Waals surface area (Å²) in [5, 5.41) is 4.49. The lowest BCUT2D eigenvalue weighted by Crippen LogP contribution is -2.54. The number of likely N-dealkylation sites (N-methyl/N-ethyl adjacent to an activating group) is 1. The second-order valence-electron chi connectivity index (χ2n) is 6.45.